The Kier molecular flexibility index (Phi) is 5.49. The summed E-state index contributed by atoms with van der Waals surface area (Å²) in [7, 11) is 5.46. The van der Waals surface area contributed by atoms with E-state index in [1.54, 1.807) is 42.3 Å². The van der Waals surface area contributed by atoms with Crippen molar-refractivity contribution in [2.24, 2.45) is 0 Å². The zero-order valence-corrected chi connectivity index (χ0v) is 15.7. The summed E-state index contributed by atoms with van der Waals surface area (Å²) in [5.41, 5.74) is 1.20. The molecule has 0 spiro atoms. The Balaban J connectivity index is 1.98. The van der Waals surface area contributed by atoms with Crippen LogP contribution in [0.15, 0.2) is 42.5 Å². The fourth-order valence-corrected chi connectivity index (χ4v) is 3.51. The average molecular weight is 373 g/mol. The van der Waals surface area contributed by atoms with Gasteiger partial charge in [0.15, 0.2) is 5.13 Å². The van der Waals surface area contributed by atoms with E-state index < -0.39 is 0 Å². The number of amides is 1. The molecule has 0 fully saturated rings. The molecule has 5 nitrogen and oxygen atoms in total. The zero-order valence-electron chi connectivity index (χ0n) is 14.9. The average Bonchev–Trinajstić information content (AvgIpc) is 3.04. The molecule has 3 aromatic rings. The van der Waals surface area contributed by atoms with Crippen LogP contribution in [0.2, 0.25) is 0 Å². The third kappa shape index (κ3) is 4.00. The van der Waals surface area contributed by atoms with Gasteiger partial charge < -0.3 is 9.64 Å². The number of aromatic nitrogens is 1. The van der Waals surface area contributed by atoms with E-state index in [-0.39, 0.29) is 11.7 Å². The molecular weight excluding hydrogens is 353 g/mol. The lowest BCUT2D eigenvalue weighted by Gasteiger charge is -2.22. The normalized spacial score (nSPS) is 11.1. The van der Waals surface area contributed by atoms with Crippen molar-refractivity contribution in [1.29, 1.82) is 0 Å². The molecule has 3 rings (SSSR count). The van der Waals surface area contributed by atoms with Gasteiger partial charge in [0, 0.05) is 18.7 Å². The van der Waals surface area contributed by atoms with E-state index in [4.69, 9.17) is 4.74 Å². The van der Waals surface area contributed by atoms with E-state index in [9.17, 15) is 9.18 Å². The summed E-state index contributed by atoms with van der Waals surface area (Å²) in [6.45, 7) is 1.16. The second kappa shape index (κ2) is 7.80. The molecule has 0 aliphatic rings. The van der Waals surface area contributed by atoms with E-state index in [1.165, 1.54) is 23.5 Å². The largest absolute Gasteiger partial charge is 0.497 e. The Bertz CT molecular complexity index is 926. The highest BCUT2D eigenvalue weighted by atomic mass is 32.1. The molecule has 0 bridgehead atoms. The van der Waals surface area contributed by atoms with Crippen LogP contribution in [0, 0.1) is 5.82 Å². The Labute approximate surface area is 155 Å². The lowest BCUT2D eigenvalue weighted by atomic mass is 10.2. The highest BCUT2D eigenvalue weighted by Gasteiger charge is 2.22. The molecule has 0 aliphatic heterocycles. The summed E-state index contributed by atoms with van der Waals surface area (Å²) in [6, 6.07) is 11.5. The number of carbonyl (C=O) groups excluding carboxylic acids is 1. The number of halogens is 1. The van der Waals surface area contributed by atoms with Gasteiger partial charge in [-0.2, -0.15) is 0 Å². The van der Waals surface area contributed by atoms with Crippen LogP contribution >= 0.6 is 11.3 Å². The molecule has 0 saturated heterocycles. The number of fused-ring (bicyclic) bond motifs is 1. The minimum Gasteiger partial charge on any atom is -0.497 e. The van der Waals surface area contributed by atoms with E-state index >= 15 is 0 Å². The molecule has 1 heterocycles. The summed E-state index contributed by atoms with van der Waals surface area (Å²) in [6.07, 6.45) is 0. The van der Waals surface area contributed by atoms with Gasteiger partial charge in [0.2, 0.25) is 0 Å². The predicted molar refractivity (Wildman–Crippen MR) is 103 cm³/mol. The Morgan fingerprint density at radius 1 is 1.19 bits per heavy atom. The fourth-order valence-electron chi connectivity index (χ4n) is 2.50. The number of methoxy groups -OCH3 is 1. The van der Waals surface area contributed by atoms with Gasteiger partial charge in [-0.1, -0.05) is 17.4 Å². The molecule has 1 aromatic heterocycles. The van der Waals surface area contributed by atoms with Gasteiger partial charge in [0.05, 0.1) is 17.3 Å². The molecule has 0 radical (unpaired) electrons. The summed E-state index contributed by atoms with van der Waals surface area (Å²) in [5.74, 6) is 0.145. The van der Waals surface area contributed by atoms with Crippen molar-refractivity contribution < 1.29 is 13.9 Å². The minimum absolute atomic E-state index is 0.162. The third-order valence-electron chi connectivity index (χ3n) is 3.90. The van der Waals surface area contributed by atoms with Crippen molar-refractivity contribution in [3.05, 3.63) is 53.8 Å². The van der Waals surface area contributed by atoms with Crippen LogP contribution in [-0.4, -0.2) is 50.1 Å². The maximum absolute atomic E-state index is 13.5. The predicted octanol–water partition coefficient (Wildman–Crippen LogP) is 3.65. The Morgan fingerprint density at radius 2 is 2.00 bits per heavy atom. The van der Waals surface area contributed by atoms with Gasteiger partial charge in [-0.25, -0.2) is 9.37 Å². The first-order chi connectivity index (χ1) is 12.5. The number of hydrogen-bond acceptors (Lipinski definition) is 5. The Hall–Kier alpha value is -2.51. The first-order valence-electron chi connectivity index (χ1n) is 8.14. The van der Waals surface area contributed by atoms with Gasteiger partial charge >= 0.3 is 0 Å². The van der Waals surface area contributed by atoms with Gasteiger partial charge in [-0.05, 0) is 50.5 Å². The number of thiazole rings is 1. The molecule has 1 amide bonds. The monoisotopic (exact) mass is 373 g/mol. The molecule has 136 valence electrons. The van der Waals surface area contributed by atoms with Crippen molar-refractivity contribution in [3.63, 3.8) is 0 Å². The maximum Gasteiger partial charge on any atom is 0.260 e. The van der Waals surface area contributed by atoms with E-state index in [0.717, 1.165) is 0 Å². The van der Waals surface area contributed by atoms with E-state index in [0.29, 0.717) is 39.8 Å². The summed E-state index contributed by atoms with van der Waals surface area (Å²) in [4.78, 5) is 21.3. The van der Waals surface area contributed by atoms with Crippen molar-refractivity contribution in [3.8, 4) is 5.75 Å². The molecule has 0 atom stereocenters. The number of ether oxygens (including phenoxy) is 1. The quantitative estimate of drug-likeness (QED) is 0.662. The van der Waals surface area contributed by atoms with E-state index in [1.807, 2.05) is 19.0 Å². The second-order valence-corrected chi connectivity index (χ2v) is 7.11. The molecule has 26 heavy (non-hydrogen) atoms. The molecular formula is C19H20FN3O2S. The van der Waals surface area contributed by atoms with Crippen molar-refractivity contribution in [1.82, 2.24) is 9.88 Å². The minimum atomic E-state index is -0.313. The number of likely N-dealkylation sites (N-methyl/N-ethyl adjacent to an activating group) is 1. The van der Waals surface area contributed by atoms with Gasteiger partial charge in [-0.15, -0.1) is 0 Å². The summed E-state index contributed by atoms with van der Waals surface area (Å²) < 4.78 is 19.4. The van der Waals surface area contributed by atoms with Crippen molar-refractivity contribution in [2.45, 2.75) is 0 Å². The number of benzene rings is 2. The van der Waals surface area contributed by atoms with Crippen LogP contribution in [0.5, 0.6) is 5.75 Å². The molecule has 0 N–H and O–H groups in total. The molecule has 0 aliphatic carbocycles. The summed E-state index contributed by atoms with van der Waals surface area (Å²) >= 11 is 1.31. The van der Waals surface area contributed by atoms with Gasteiger partial charge in [0.25, 0.3) is 5.91 Å². The van der Waals surface area contributed by atoms with Crippen LogP contribution in [0.1, 0.15) is 10.4 Å². The number of hydrogen-bond donors (Lipinski definition) is 0. The molecule has 0 saturated carbocycles. The first kappa shape index (κ1) is 18.3. The van der Waals surface area contributed by atoms with Gasteiger partial charge in [0.1, 0.15) is 11.6 Å². The summed E-state index contributed by atoms with van der Waals surface area (Å²) in [5, 5.41) is 0.556. The van der Waals surface area contributed by atoms with Gasteiger partial charge in [-0.3, -0.25) is 9.69 Å². The topological polar surface area (TPSA) is 45.7 Å². The maximum atomic E-state index is 13.5. The van der Waals surface area contributed by atoms with E-state index in [2.05, 4.69) is 4.98 Å². The smallest absolute Gasteiger partial charge is 0.260 e. The van der Waals surface area contributed by atoms with Crippen LogP contribution in [0.25, 0.3) is 10.2 Å². The van der Waals surface area contributed by atoms with Crippen molar-refractivity contribution >= 4 is 32.6 Å². The number of anilines is 1. The van der Waals surface area contributed by atoms with Crippen LogP contribution in [0.3, 0.4) is 0 Å². The van der Waals surface area contributed by atoms with Crippen LogP contribution < -0.4 is 9.64 Å². The molecule has 0 unspecified atom stereocenters. The fraction of sp³-hybridized carbons (Fsp3) is 0.263. The number of rotatable bonds is 6. The number of carbonyl (C=O) groups is 1. The molecule has 2 aromatic carbocycles. The van der Waals surface area contributed by atoms with Crippen LogP contribution in [0.4, 0.5) is 9.52 Å². The standard InChI is InChI=1S/C19H20FN3O2S/c1-22(2)9-10-23(18(24)13-5-4-6-15(11-13)25-3)19-21-16-8-7-14(20)12-17(16)26-19/h4-8,11-12H,9-10H2,1-3H3. The molecule has 7 heteroatoms. The number of nitrogens with zero attached hydrogens (tertiary/aromatic N) is 3. The van der Waals surface area contributed by atoms with Crippen molar-refractivity contribution in [2.75, 3.05) is 39.2 Å². The highest BCUT2D eigenvalue weighted by molar-refractivity contribution is 7.22. The lowest BCUT2D eigenvalue weighted by Crippen LogP contribution is -2.36. The first-order valence-corrected chi connectivity index (χ1v) is 8.96. The SMILES string of the molecule is COc1cccc(C(=O)N(CCN(C)C)c2nc3ccc(F)cc3s2)c1. The lowest BCUT2D eigenvalue weighted by molar-refractivity contribution is 0.0985. The third-order valence-corrected chi connectivity index (χ3v) is 4.94. The Morgan fingerprint density at radius 3 is 2.73 bits per heavy atom. The highest BCUT2D eigenvalue weighted by Crippen LogP contribution is 2.30. The second-order valence-electron chi connectivity index (χ2n) is 6.10. The van der Waals surface area contributed by atoms with Crippen LogP contribution in [-0.2, 0) is 0 Å². The zero-order chi connectivity index (χ0) is 18.7.